The van der Waals surface area contributed by atoms with Gasteiger partial charge in [0.05, 0.1) is 0 Å². The highest BCUT2D eigenvalue weighted by atomic mass is 14.3. The van der Waals surface area contributed by atoms with Crippen molar-refractivity contribution in [1.29, 1.82) is 0 Å². The van der Waals surface area contributed by atoms with E-state index in [-0.39, 0.29) is 0 Å². The lowest BCUT2D eigenvalue weighted by molar-refractivity contribution is 0.588. The molecule has 3 rings (SSSR count). The van der Waals surface area contributed by atoms with Crippen LogP contribution < -0.4 is 0 Å². The van der Waals surface area contributed by atoms with Gasteiger partial charge in [-0.3, -0.25) is 0 Å². The molecule has 1 aromatic carbocycles. The van der Waals surface area contributed by atoms with Crippen LogP contribution in [0.4, 0.5) is 0 Å². The molecule has 0 spiro atoms. The van der Waals surface area contributed by atoms with Crippen LogP contribution in [0.1, 0.15) is 80.0 Å². The molecule has 0 bridgehead atoms. The Kier molecular flexibility index (Phi) is 4.06. The molecule has 0 heteroatoms. The summed E-state index contributed by atoms with van der Waals surface area (Å²) in [7, 11) is 0. The van der Waals surface area contributed by atoms with E-state index in [4.69, 9.17) is 0 Å². The summed E-state index contributed by atoms with van der Waals surface area (Å²) in [6.45, 7) is 2.29. The van der Waals surface area contributed by atoms with Crippen LogP contribution in [0.25, 0.3) is 6.08 Å². The molecule has 0 saturated heterocycles. The average molecular weight is 254 g/mol. The summed E-state index contributed by atoms with van der Waals surface area (Å²) in [5.74, 6) is 0.711. The van der Waals surface area contributed by atoms with Crippen LogP contribution in [0, 0.1) is 0 Å². The molecule has 19 heavy (non-hydrogen) atoms. The Morgan fingerprint density at radius 3 is 2.63 bits per heavy atom. The number of aryl methyl sites for hydroxylation is 2. The van der Waals surface area contributed by atoms with E-state index in [2.05, 4.69) is 31.2 Å². The molecule has 0 N–H and O–H groups in total. The van der Waals surface area contributed by atoms with Crippen LogP contribution in [0.15, 0.2) is 18.2 Å². The second-order valence-electron chi connectivity index (χ2n) is 6.27. The molecular formula is C19H26. The van der Waals surface area contributed by atoms with E-state index in [1.54, 1.807) is 16.7 Å². The molecule has 1 atom stereocenters. The molecule has 2 aliphatic rings. The molecule has 1 unspecified atom stereocenters. The average Bonchev–Trinajstić information content (AvgIpc) is 3.02. The van der Waals surface area contributed by atoms with Gasteiger partial charge in [-0.15, -0.1) is 0 Å². The van der Waals surface area contributed by atoms with E-state index >= 15 is 0 Å². The summed E-state index contributed by atoms with van der Waals surface area (Å²) in [5, 5.41) is 0. The van der Waals surface area contributed by atoms with Gasteiger partial charge in [-0.25, -0.2) is 0 Å². The zero-order valence-electron chi connectivity index (χ0n) is 12.3. The number of rotatable bonds is 6. The van der Waals surface area contributed by atoms with Gasteiger partial charge in [0.1, 0.15) is 0 Å². The summed E-state index contributed by atoms with van der Waals surface area (Å²) < 4.78 is 0. The van der Waals surface area contributed by atoms with Gasteiger partial charge in [-0.05, 0) is 47.9 Å². The highest BCUT2D eigenvalue weighted by Gasteiger charge is 2.21. The standard InChI is InChI=1S/C19H26/c1-2-3-4-5-6-8-15-11-12-18-13-16-9-7-10-17(16)14-19(15)18/h11-15H,2-10H2,1H3. The molecule has 1 aromatic rings. The van der Waals surface area contributed by atoms with Gasteiger partial charge in [-0.1, -0.05) is 63.3 Å². The summed E-state index contributed by atoms with van der Waals surface area (Å²) in [6, 6.07) is 4.99. The lowest BCUT2D eigenvalue weighted by Gasteiger charge is -2.13. The molecule has 0 fully saturated rings. The number of unbranched alkanes of at least 4 members (excludes halogenated alkanes) is 4. The number of benzene rings is 1. The largest absolute Gasteiger partial charge is 0.0764 e. The van der Waals surface area contributed by atoms with Gasteiger partial charge in [0, 0.05) is 5.92 Å². The highest BCUT2D eigenvalue weighted by Crippen LogP contribution is 2.37. The Morgan fingerprint density at radius 1 is 1.00 bits per heavy atom. The summed E-state index contributed by atoms with van der Waals surface area (Å²) in [4.78, 5) is 0. The van der Waals surface area contributed by atoms with E-state index in [0.29, 0.717) is 5.92 Å². The van der Waals surface area contributed by atoms with Crippen LogP contribution >= 0.6 is 0 Å². The fourth-order valence-electron chi connectivity index (χ4n) is 3.67. The maximum Gasteiger partial charge on any atom is 0.00273 e. The smallest absolute Gasteiger partial charge is 0.00273 e. The fourth-order valence-corrected chi connectivity index (χ4v) is 3.67. The summed E-state index contributed by atoms with van der Waals surface area (Å²) in [6.07, 6.45) is 17.1. The Hall–Kier alpha value is -1.04. The topological polar surface area (TPSA) is 0 Å². The van der Waals surface area contributed by atoms with E-state index in [1.807, 2.05) is 0 Å². The van der Waals surface area contributed by atoms with Crippen molar-refractivity contribution in [3.63, 3.8) is 0 Å². The van der Waals surface area contributed by atoms with Crippen LogP contribution in [0.2, 0.25) is 0 Å². The van der Waals surface area contributed by atoms with Gasteiger partial charge in [0.15, 0.2) is 0 Å². The zero-order chi connectivity index (χ0) is 13.1. The first-order valence-corrected chi connectivity index (χ1v) is 8.22. The van der Waals surface area contributed by atoms with E-state index < -0.39 is 0 Å². The third-order valence-electron chi connectivity index (χ3n) is 4.82. The van der Waals surface area contributed by atoms with Crippen molar-refractivity contribution in [3.8, 4) is 0 Å². The third-order valence-corrected chi connectivity index (χ3v) is 4.82. The normalized spacial score (nSPS) is 19.7. The Bertz CT molecular complexity index is 467. The molecule has 0 amide bonds. The van der Waals surface area contributed by atoms with Gasteiger partial charge < -0.3 is 0 Å². The van der Waals surface area contributed by atoms with E-state index in [9.17, 15) is 0 Å². The summed E-state index contributed by atoms with van der Waals surface area (Å²) in [5.41, 5.74) is 6.39. The minimum atomic E-state index is 0.711. The third kappa shape index (κ3) is 2.78. The van der Waals surface area contributed by atoms with Gasteiger partial charge in [-0.2, -0.15) is 0 Å². The molecule has 0 saturated carbocycles. The first kappa shape index (κ1) is 13.0. The number of hydrogen-bond acceptors (Lipinski definition) is 0. The van der Waals surface area contributed by atoms with Crippen molar-refractivity contribution in [2.45, 2.75) is 70.6 Å². The maximum absolute atomic E-state index is 2.52. The molecule has 0 nitrogen and oxygen atoms in total. The minimum Gasteiger partial charge on any atom is -0.0764 e. The number of hydrogen-bond donors (Lipinski definition) is 0. The molecular weight excluding hydrogens is 228 g/mol. The zero-order valence-corrected chi connectivity index (χ0v) is 12.3. The van der Waals surface area contributed by atoms with Crippen molar-refractivity contribution < 1.29 is 0 Å². The lowest BCUT2D eigenvalue weighted by atomic mass is 9.92. The molecule has 0 aliphatic heterocycles. The molecule has 0 aromatic heterocycles. The SMILES string of the molecule is CCCCCCCC1C=Cc2cc3c(cc21)CCC3. The van der Waals surface area contributed by atoms with Crippen molar-refractivity contribution in [2.24, 2.45) is 0 Å². The van der Waals surface area contributed by atoms with Crippen molar-refractivity contribution in [2.75, 3.05) is 0 Å². The lowest BCUT2D eigenvalue weighted by Crippen LogP contribution is -1.96. The van der Waals surface area contributed by atoms with Gasteiger partial charge in [0.25, 0.3) is 0 Å². The first-order valence-electron chi connectivity index (χ1n) is 8.22. The van der Waals surface area contributed by atoms with Crippen LogP contribution in [0.5, 0.6) is 0 Å². The number of allylic oxidation sites excluding steroid dienone is 1. The second-order valence-corrected chi connectivity index (χ2v) is 6.27. The van der Waals surface area contributed by atoms with E-state index in [1.165, 1.54) is 63.4 Å². The van der Waals surface area contributed by atoms with Crippen LogP contribution in [0.3, 0.4) is 0 Å². The summed E-state index contributed by atoms with van der Waals surface area (Å²) >= 11 is 0. The Labute approximate surface area is 117 Å². The van der Waals surface area contributed by atoms with Crippen molar-refractivity contribution in [3.05, 3.63) is 40.5 Å². The molecule has 2 aliphatic carbocycles. The van der Waals surface area contributed by atoms with Crippen molar-refractivity contribution >= 4 is 6.08 Å². The van der Waals surface area contributed by atoms with E-state index in [0.717, 1.165) is 0 Å². The van der Waals surface area contributed by atoms with Crippen LogP contribution in [-0.2, 0) is 12.8 Å². The fraction of sp³-hybridized carbons (Fsp3) is 0.579. The highest BCUT2D eigenvalue weighted by molar-refractivity contribution is 5.64. The minimum absolute atomic E-state index is 0.711. The monoisotopic (exact) mass is 254 g/mol. The maximum atomic E-state index is 2.52. The first-order chi connectivity index (χ1) is 9.38. The molecule has 102 valence electrons. The molecule has 0 heterocycles. The van der Waals surface area contributed by atoms with Crippen molar-refractivity contribution in [1.82, 2.24) is 0 Å². The van der Waals surface area contributed by atoms with Crippen LogP contribution in [-0.4, -0.2) is 0 Å². The Balaban J connectivity index is 1.61. The molecule has 0 radical (unpaired) electrons. The van der Waals surface area contributed by atoms with Gasteiger partial charge >= 0.3 is 0 Å². The predicted octanol–water partition coefficient (Wildman–Crippen LogP) is 5.65. The predicted molar refractivity (Wildman–Crippen MR) is 83.6 cm³/mol. The quantitative estimate of drug-likeness (QED) is 0.576. The Morgan fingerprint density at radius 2 is 1.79 bits per heavy atom. The number of fused-ring (bicyclic) bond motifs is 2. The second kappa shape index (κ2) is 5.94. The van der Waals surface area contributed by atoms with Gasteiger partial charge in [0.2, 0.25) is 0 Å².